The van der Waals surface area contributed by atoms with Crippen LogP contribution < -0.4 is 0 Å². The molecule has 0 saturated heterocycles. The zero-order valence-corrected chi connectivity index (χ0v) is 11.7. The third kappa shape index (κ3) is 2.98. The van der Waals surface area contributed by atoms with Gasteiger partial charge in [-0.05, 0) is 31.0 Å². The van der Waals surface area contributed by atoms with E-state index in [1.807, 2.05) is 0 Å². The molecule has 0 N–H and O–H groups in total. The van der Waals surface area contributed by atoms with Crippen molar-refractivity contribution in [1.29, 1.82) is 0 Å². The Kier molecular flexibility index (Phi) is 3.96. The maximum absolute atomic E-state index is 13.3. The minimum absolute atomic E-state index is 0.0535. The number of benzene rings is 1. The fourth-order valence-corrected chi connectivity index (χ4v) is 3.07. The topological polar surface area (TPSA) is 39.1 Å². The number of allylic oxidation sites excluding steroid dienone is 1. The molecule has 0 saturated carbocycles. The number of aryl methyl sites for hydroxylation is 1. The zero-order valence-electron chi connectivity index (χ0n) is 10.1. The van der Waals surface area contributed by atoms with E-state index < -0.39 is 14.9 Å². The average Bonchev–Trinajstić information content (AvgIpc) is 2.67. The highest BCUT2D eigenvalue weighted by atomic mass is 35.7. The van der Waals surface area contributed by atoms with E-state index in [4.69, 9.17) is 10.7 Å². The number of hydrogen-bond acceptors (Lipinski definition) is 2. The van der Waals surface area contributed by atoms with E-state index in [9.17, 15) is 12.8 Å². The third-order valence-corrected chi connectivity index (χ3v) is 4.23. The zero-order chi connectivity index (χ0) is 14.0. The highest BCUT2D eigenvalue weighted by molar-refractivity contribution is 8.14. The van der Waals surface area contributed by atoms with Crippen molar-refractivity contribution in [3.8, 4) is 0 Å². The van der Waals surface area contributed by atoms with Gasteiger partial charge < -0.3 is 4.57 Å². The molecule has 3 nitrogen and oxygen atoms in total. The molecule has 0 unspecified atom stereocenters. The summed E-state index contributed by atoms with van der Waals surface area (Å²) in [4.78, 5) is -0.0535. The van der Waals surface area contributed by atoms with Gasteiger partial charge in [0.15, 0.2) is 0 Å². The van der Waals surface area contributed by atoms with Gasteiger partial charge in [0.05, 0.1) is 0 Å². The SMILES string of the molecule is C=CCCCn1cc(S(=O)(=O)Cl)c2cc(F)ccc21. The third-order valence-electron chi connectivity index (χ3n) is 2.88. The molecule has 1 aromatic carbocycles. The average molecular weight is 302 g/mol. The van der Waals surface area contributed by atoms with Crippen molar-refractivity contribution < 1.29 is 12.8 Å². The van der Waals surface area contributed by atoms with Gasteiger partial charge in [0.1, 0.15) is 10.7 Å². The van der Waals surface area contributed by atoms with Gasteiger partial charge in [0.2, 0.25) is 0 Å². The predicted molar refractivity (Wildman–Crippen MR) is 74.4 cm³/mol. The molecule has 0 atom stereocenters. The fourth-order valence-electron chi connectivity index (χ4n) is 2.02. The maximum atomic E-state index is 13.3. The maximum Gasteiger partial charge on any atom is 0.263 e. The molecule has 6 heteroatoms. The summed E-state index contributed by atoms with van der Waals surface area (Å²) in [6, 6.07) is 4.05. The van der Waals surface area contributed by atoms with Gasteiger partial charge in [-0.15, -0.1) is 6.58 Å². The lowest BCUT2D eigenvalue weighted by atomic mass is 10.2. The second-order valence-electron chi connectivity index (χ2n) is 4.22. The number of fused-ring (bicyclic) bond motifs is 1. The molecule has 102 valence electrons. The first-order valence-corrected chi connectivity index (χ1v) is 8.08. The van der Waals surface area contributed by atoms with Crippen molar-refractivity contribution in [3.63, 3.8) is 0 Å². The van der Waals surface area contributed by atoms with Crippen LogP contribution in [0.5, 0.6) is 0 Å². The molecule has 0 bridgehead atoms. The van der Waals surface area contributed by atoms with Crippen molar-refractivity contribution in [2.45, 2.75) is 24.3 Å². The van der Waals surface area contributed by atoms with E-state index in [1.54, 1.807) is 16.7 Å². The fraction of sp³-hybridized carbons (Fsp3) is 0.231. The molecule has 2 aromatic rings. The van der Waals surface area contributed by atoms with Gasteiger partial charge in [-0.1, -0.05) is 6.08 Å². The molecular formula is C13H13ClFNO2S. The van der Waals surface area contributed by atoms with Crippen LogP contribution in [0.2, 0.25) is 0 Å². The molecule has 0 radical (unpaired) electrons. The van der Waals surface area contributed by atoms with Crippen molar-refractivity contribution in [3.05, 3.63) is 42.9 Å². The van der Waals surface area contributed by atoms with Crippen LogP contribution in [-0.2, 0) is 15.6 Å². The summed E-state index contributed by atoms with van der Waals surface area (Å²) in [7, 11) is 1.49. The predicted octanol–water partition coefficient (Wildman–Crippen LogP) is 3.67. The standard InChI is InChI=1S/C13H13ClFNO2S/c1-2-3-4-7-16-9-13(19(14,17)18)11-8-10(15)5-6-12(11)16/h2,5-6,8-9H,1,3-4,7H2. The number of aromatic nitrogens is 1. The lowest BCUT2D eigenvalue weighted by Crippen LogP contribution is -1.95. The van der Waals surface area contributed by atoms with Gasteiger partial charge in [-0.3, -0.25) is 0 Å². The van der Waals surface area contributed by atoms with E-state index in [2.05, 4.69) is 6.58 Å². The normalized spacial score (nSPS) is 11.9. The lowest BCUT2D eigenvalue weighted by molar-refractivity contribution is 0.608. The Hall–Kier alpha value is -1.33. The van der Waals surface area contributed by atoms with Gasteiger partial charge in [-0.25, -0.2) is 12.8 Å². The Morgan fingerprint density at radius 3 is 2.79 bits per heavy atom. The van der Waals surface area contributed by atoms with E-state index in [1.165, 1.54) is 18.3 Å². The van der Waals surface area contributed by atoms with Gasteiger partial charge in [0.25, 0.3) is 9.05 Å². The van der Waals surface area contributed by atoms with Crippen LogP contribution in [0.25, 0.3) is 10.9 Å². The molecule has 0 fully saturated rings. The molecule has 1 heterocycles. The highest BCUT2D eigenvalue weighted by Gasteiger charge is 2.19. The minimum atomic E-state index is -3.89. The summed E-state index contributed by atoms with van der Waals surface area (Å²) in [5.41, 5.74) is 0.657. The summed E-state index contributed by atoms with van der Waals surface area (Å²) in [6.45, 7) is 4.26. The van der Waals surface area contributed by atoms with E-state index in [0.29, 0.717) is 17.4 Å². The van der Waals surface area contributed by atoms with E-state index in [-0.39, 0.29) is 4.90 Å². The summed E-state index contributed by atoms with van der Waals surface area (Å²) < 4.78 is 38.1. The Labute approximate surface area is 115 Å². The second-order valence-corrected chi connectivity index (χ2v) is 6.75. The summed E-state index contributed by atoms with van der Waals surface area (Å²) >= 11 is 0. The van der Waals surface area contributed by atoms with Gasteiger partial charge >= 0.3 is 0 Å². The summed E-state index contributed by atoms with van der Waals surface area (Å²) in [6.07, 6.45) is 4.90. The van der Waals surface area contributed by atoms with Crippen LogP contribution in [0.15, 0.2) is 41.9 Å². The largest absolute Gasteiger partial charge is 0.346 e. The minimum Gasteiger partial charge on any atom is -0.346 e. The quantitative estimate of drug-likeness (QED) is 0.480. The Morgan fingerprint density at radius 1 is 1.42 bits per heavy atom. The number of unbranched alkanes of at least 4 members (excludes halogenated alkanes) is 1. The molecule has 0 aliphatic rings. The second kappa shape index (κ2) is 5.35. The van der Waals surface area contributed by atoms with E-state index >= 15 is 0 Å². The van der Waals surface area contributed by atoms with Crippen molar-refractivity contribution in [2.24, 2.45) is 0 Å². The molecule has 0 aliphatic carbocycles. The van der Waals surface area contributed by atoms with Crippen LogP contribution in [0.1, 0.15) is 12.8 Å². The number of hydrogen-bond donors (Lipinski definition) is 0. The van der Waals surface area contributed by atoms with Crippen LogP contribution in [0.4, 0.5) is 4.39 Å². The van der Waals surface area contributed by atoms with Crippen molar-refractivity contribution in [2.75, 3.05) is 0 Å². The highest BCUT2D eigenvalue weighted by Crippen LogP contribution is 2.29. The molecule has 0 spiro atoms. The Bertz CT molecular complexity index is 722. The Balaban J connectivity index is 2.57. The number of nitrogens with zero attached hydrogens (tertiary/aromatic N) is 1. The van der Waals surface area contributed by atoms with Crippen LogP contribution in [0.3, 0.4) is 0 Å². The van der Waals surface area contributed by atoms with E-state index in [0.717, 1.165) is 12.8 Å². The summed E-state index contributed by atoms with van der Waals surface area (Å²) in [5.74, 6) is -0.488. The van der Waals surface area contributed by atoms with Gasteiger partial charge in [-0.2, -0.15) is 0 Å². The molecular weight excluding hydrogens is 289 g/mol. The summed E-state index contributed by atoms with van der Waals surface area (Å²) in [5, 5.41) is 0.314. The first kappa shape index (κ1) is 14.1. The van der Waals surface area contributed by atoms with Crippen LogP contribution >= 0.6 is 10.7 Å². The molecule has 19 heavy (non-hydrogen) atoms. The molecule has 0 amide bonds. The van der Waals surface area contributed by atoms with Crippen molar-refractivity contribution >= 4 is 30.6 Å². The van der Waals surface area contributed by atoms with Gasteiger partial charge in [0, 0.05) is 34.3 Å². The molecule has 2 rings (SSSR count). The first-order valence-electron chi connectivity index (χ1n) is 5.77. The number of rotatable bonds is 5. The Morgan fingerprint density at radius 2 is 2.16 bits per heavy atom. The lowest BCUT2D eigenvalue weighted by Gasteiger charge is -2.03. The monoisotopic (exact) mass is 301 g/mol. The number of halogens is 2. The smallest absolute Gasteiger partial charge is 0.263 e. The first-order chi connectivity index (χ1) is 8.93. The molecule has 0 aliphatic heterocycles. The van der Waals surface area contributed by atoms with Crippen LogP contribution in [-0.4, -0.2) is 13.0 Å². The van der Waals surface area contributed by atoms with Crippen molar-refractivity contribution in [1.82, 2.24) is 4.57 Å². The molecule has 1 aromatic heterocycles. The van der Waals surface area contributed by atoms with Crippen LogP contribution in [0, 0.1) is 5.82 Å².